The third-order valence-corrected chi connectivity index (χ3v) is 6.45. The first-order valence-corrected chi connectivity index (χ1v) is 14.2. The van der Waals surface area contributed by atoms with Crippen LogP contribution in [-0.2, 0) is 21.5 Å². The fourth-order valence-corrected chi connectivity index (χ4v) is 4.73. The molecule has 0 saturated carbocycles. The Morgan fingerprint density at radius 1 is 1.17 bits per heavy atom. The van der Waals surface area contributed by atoms with Crippen LogP contribution in [0.3, 0.4) is 0 Å². The lowest BCUT2D eigenvalue weighted by Crippen LogP contribution is -2.60. The van der Waals surface area contributed by atoms with Gasteiger partial charge in [0.2, 0.25) is 5.91 Å². The summed E-state index contributed by atoms with van der Waals surface area (Å²) in [6, 6.07) is 2.94. The fourth-order valence-electron chi connectivity index (χ4n) is 4.73. The van der Waals surface area contributed by atoms with E-state index in [4.69, 9.17) is 14.1 Å². The van der Waals surface area contributed by atoms with Gasteiger partial charge >= 0.3 is 6.09 Å². The third kappa shape index (κ3) is 9.19. The molecular formula is C30H46N6O5. The van der Waals surface area contributed by atoms with E-state index >= 15 is 0 Å². The van der Waals surface area contributed by atoms with Gasteiger partial charge in [-0.05, 0) is 45.2 Å². The van der Waals surface area contributed by atoms with E-state index in [1.807, 2.05) is 61.5 Å². The van der Waals surface area contributed by atoms with Crippen molar-refractivity contribution < 1.29 is 23.5 Å². The largest absolute Gasteiger partial charge is 0.467 e. The number of anilines is 1. The summed E-state index contributed by atoms with van der Waals surface area (Å²) in [5.74, 6) is 1.42. The minimum Gasteiger partial charge on any atom is -0.467 e. The molecule has 0 radical (unpaired) electrons. The van der Waals surface area contributed by atoms with Crippen molar-refractivity contribution in [3.8, 4) is 0 Å². The lowest BCUT2D eigenvalue weighted by Gasteiger charge is -2.43. The Kier molecular flexibility index (Phi) is 10.0. The van der Waals surface area contributed by atoms with Crippen LogP contribution in [0.15, 0.2) is 29.0 Å². The van der Waals surface area contributed by atoms with Crippen LogP contribution < -0.4 is 10.6 Å². The van der Waals surface area contributed by atoms with Crippen LogP contribution in [0, 0.1) is 5.92 Å². The molecule has 2 aromatic heterocycles. The van der Waals surface area contributed by atoms with Crippen molar-refractivity contribution in [2.75, 3.05) is 25.0 Å². The Labute approximate surface area is 243 Å². The molecule has 41 heavy (non-hydrogen) atoms. The van der Waals surface area contributed by atoms with E-state index in [1.54, 1.807) is 28.3 Å². The van der Waals surface area contributed by atoms with Gasteiger partial charge in [0, 0.05) is 44.2 Å². The monoisotopic (exact) mass is 570 g/mol. The Bertz CT molecular complexity index is 1200. The molecular weight excluding hydrogens is 524 g/mol. The van der Waals surface area contributed by atoms with Gasteiger partial charge in [0.05, 0.1) is 18.8 Å². The molecule has 1 fully saturated rings. The van der Waals surface area contributed by atoms with Crippen LogP contribution in [0.2, 0.25) is 0 Å². The molecule has 11 nitrogen and oxygen atoms in total. The van der Waals surface area contributed by atoms with Crippen LogP contribution in [-0.4, -0.2) is 75.0 Å². The highest BCUT2D eigenvalue weighted by Gasteiger charge is 2.38. The Morgan fingerprint density at radius 2 is 1.88 bits per heavy atom. The molecule has 1 aliphatic heterocycles. The van der Waals surface area contributed by atoms with Crippen LogP contribution in [0.5, 0.6) is 0 Å². The summed E-state index contributed by atoms with van der Waals surface area (Å²) in [6.07, 6.45) is 3.19. The number of carbonyl (C=O) groups is 3. The molecule has 0 aliphatic carbocycles. The number of nitrogens with one attached hydrogen (secondary N) is 2. The van der Waals surface area contributed by atoms with E-state index in [0.717, 1.165) is 0 Å². The zero-order valence-electron chi connectivity index (χ0n) is 25.9. The van der Waals surface area contributed by atoms with Gasteiger partial charge in [-0.15, -0.1) is 0 Å². The Balaban J connectivity index is 1.99. The zero-order chi connectivity index (χ0) is 30.5. The highest BCUT2D eigenvalue weighted by molar-refractivity contribution is 5.98. The molecule has 1 aliphatic rings. The number of hydrogen-bond acceptors (Lipinski definition) is 8. The molecule has 0 aromatic carbocycles. The summed E-state index contributed by atoms with van der Waals surface area (Å²) in [7, 11) is 0. The minimum atomic E-state index is -0.679. The molecule has 3 rings (SSSR count). The number of ether oxygens (including phenoxy) is 1. The normalized spacial score (nSPS) is 17.8. The number of amides is 3. The quantitative estimate of drug-likeness (QED) is 0.471. The molecule has 1 saturated heterocycles. The van der Waals surface area contributed by atoms with Gasteiger partial charge in [0.25, 0.3) is 5.91 Å². The summed E-state index contributed by atoms with van der Waals surface area (Å²) >= 11 is 0. The average Bonchev–Trinajstić information content (AvgIpc) is 3.37. The van der Waals surface area contributed by atoms with Crippen LogP contribution in [0.1, 0.15) is 90.7 Å². The molecule has 2 atom stereocenters. The van der Waals surface area contributed by atoms with Crippen molar-refractivity contribution >= 4 is 23.7 Å². The van der Waals surface area contributed by atoms with Gasteiger partial charge < -0.3 is 29.6 Å². The number of nitrogens with zero attached hydrogens (tertiary/aromatic N) is 4. The highest BCUT2D eigenvalue weighted by Crippen LogP contribution is 2.26. The highest BCUT2D eigenvalue weighted by atomic mass is 16.6. The van der Waals surface area contributed by atoms with Crippen LogP contribution in [0.4, 0.5) is 10.6 Å². The second-order valence-electron chi connectivity index (χ2n) is 13.2. The summed E-state index contributed by atoms with van der Waals surface area (Å²) in [5.41, 5.74) is -0.680. The first-order chi connectivity index (χ1) is 19.0. The standard InChI is InChI=1S/C30H46N6O5/c1-19(2)16-36(22-13-21(33-20(3)37)17-35(18-22)28(39)41-30(7,8)9)26(38)24-15-32-27(29(4,5)6)34-25(24)31-14-23-11-10-12-40-23/h10-12,15,19,21-22H,13-14,16-18H2,1-9H3,(H,33,37)(H,31,32,34)/t21-,22+/m1/s1. The second-order valence-corrected chi connectivity index (χ2v) is 13.2. The average molecular weight is 571 g/mol. The Hall–Kier alpha value is -3.63. The number of furan rings is 1. The number of likely N-dealkylation sites (tertiary alicyclic amines) is 1. The Morgan fingerprint density at radius 3 is 2.44 bits per heavy atom. The first-order valence-electron chi connectivity index (χ1n) is 14.2. The van der Waals surface area contributed by atoms with E-state index in [1.165, 1.54) is 6.92 Å². The van der Waals surface area contributed by atoms with Crippen LogP contribution in [0.25, 0.3) is 0 Å². The van der Waals surface area contributed by atoms with Gasteiger partial charge in [0.15, 0.2) is 0 Å². The number of piperidine rings is 1. The molecule has 0 unspecified atom stereocenters. The lowest BCUT2D eigenvalue weighted by molar-refractivity contribution is -0.120. The maximum Gasteiger partial charge on any atom is 0.410 e. The summed E-state index contributed by atoms with van der Waals surface area (Å²) in [5, 5.41) is 6.22. The van der Waals surface area contributed by atoms with E-state index in [0.29, 0.717) is 49.0 Å². The van der Waals surface area contributed by atoms with E-state index in [2.05, 4.69) is 15.6 Å². The van der Waals surface area contributed by atoms with Crippen molar-refractivity contribution in [3.63, 3.8) is 0 Å². The fraction of sp³-hybridized carbons (Fsp3) is 0.633. The number of carbonyl (C=O) groups excluding carboxylic acids is 3. The van der Waals surface area contributed by atoms with E-state index in [-0.39, 0.29) is 41.8 Å². The number of rotatable bonds is 8. The molecule has 0 spiro atoms. The molecule has 2 N–H and O–H groups in total. The summed E-state index contributed by atoms with van der Waals surface area (Å²) in [4.78, 5) is 52.1. The van der Waals surface area contributed by atoms with Crippen molar-refractivity contribution in [1.82, 2.24) is 25.1 Å². The maximum atomic E-state index is 14.3. The predicted molar refractivity (Wildman–Crippen MR) is 156 cm³/mol. The number of hydrogen-bond donors (Lipinski definition) is 2. The van der Waals surface area contributed by atoms with Gasteiger partial charge in [-0.1, -0.05) is 34.6 Å². The molecule has 226 valence electrons. The summed E-state index contributed by atoms with van der Waals surface area (Å²) < 4.78 is 11.1. The minimum absolute atomic E-state index is 0.143. The second kappa shape index (κ2) is 12.9. The molecule has 11 heteroatoms. The van der Waals surface area contributed by atoms with Crippen LogP contribution >= 0.6 is 0 Å². The van der Waals surface area contributed by atoms with E-state index < -0.39 is 11.7 Å². The molecule has 3 heterocycles. The van der Waals surface area contributed by atoms with Gasteiger partial charge in [0.1, 0.15) is 28.6 Å². The number of aromatic nitrogens is 2. The first kappa shape index (κ1) is 31.9. The SMILES string of the molecule is CC(=O)N[C@@H]1C[C@H](N(CC(C)C)C(=O)c2cnc(C(C)(C)C)nc2NCc2ccco2)CN(C(=O)OC(C)(C)C)C1. The summed E-state index contributed by atoms with van der Waals surface area (Å²) in [6.45, 7) is 18.4. The van der Waals surface area contributed by atoms with Crippen molar-refractivity contribution in [1.29, 1.82) is 0 Å². The topological polar surface area (TPSA) is 130 Å². The van der Waals surface area contributed by atoms with Gasteiger partial charge in [-0.2, -0.15) is 0 Å². The van der Waals surface area contributed by atoms with Crippen molar-refractivity contribution in [2.24, 2.45) is 5.92 Å². The molecule has 0 bridgehead atoms. The lowest BCUT2D eigenvalue weighted by atomic mass is 9.95. The third-order valence-electron chi connectivity index (χ3n) is 6.45. The van der Waals surface area contributed by atoms with Gasteiger partial charge in [-0.25, -0.2) is 14.8 Å². The zero-order valence-corrected chi connectivity index (χ0v) is 25.9. The van der Waals surface area contributed by atoms with Gasteiger partial charge in [-0.3, -0.25) is 9.59 Å². The maximum absolute atomic E-state index is 14.3. The molecule has 2 aromatic rings. The smallest absolute Gasteiger partial charge is 0.410 e. The predicted octanol–water partition coefficient (Wildman–Crippen LogP) is 4.59. The van der Waals surface area contributed by atoms with Crippen molar-refractivity contribution in [2.45, 2.75) is 98.4 Å². The molecule has 3 amide bonds. The van der Waals surface area contributed by atoms with E-state index in [9.17, 15) is 14.4 Å². The van der Waals surface area contributed by atoms with Crippen molar-refractivity contribution in [3.05, 3.63) is 41.7 Å².